The van der Waals surface area contributed by atoms with E-state index < -0.39 is 0 Å². The van der Waals surface area contributed by atoms with E-state index in [2.05, 4.69) is 19.2 Å². The lowest BCUT2D eigenvalue weighted by molar-refractivity contribution is 0.353. The quantitative estimate of drug-likeness (QED) is 0.711. The van der Waals surface area contributed by atoms with Crippen LogP contribution in [-0.4, -0.2) is 18.6 Å². The maximum absolute atomic E-state index is 6.03. The summed E-state index contributed by atoms with van der Waals surface area (Å²) in [6.45, 7) is 5.48. The van der Waals surface area contributed by atoms with Crippen LogP contribution in [0.4, 0.5) is 0 Å². The van der Waals surface area contributed by atoms with Crippen molar-refractivity contribution in [1.29, 1.82) is 0 Å². The first-order valence-electron chi connectivity index (χ1n) is 6.17. The Balaban J connectivity index is 2.06. The van der Waals surface area contributed by atoms with Crippen molar-refractivity contribution < 1.29 is 0 Å². The van der Waals surface area contributed by atoms with Crippen molar-refractivity contribution in [2.45, 2.75) is 64.5 Å². The minimum absolute atomic E-state index is 0.344. The van der Waals surface area contributed by atoms with Gasteiger partial charge in [-0.3, -0.25) is 0 Å². The molecule has 3 N–H and O–H groups in total. The highest BCUT2D eigenvalue weighted by Crippen LogP contribution is 2.17. The summed E-state index contributed by atoms with van der Waals surface area (Å²) in [6, 6.07) is 1.10. The third-order valence-electron chi connectivity index (χ3n) is 3.05. The van der Waals surface area contributed by atoms with Gasteiger partial charge in [-0.2, -0.15) is 0 Å². The molecule has 0 aliphatic heterocycles. The van der Waals surface area contributed by atoms with Crippen molar-refractivity contribution in [3.63, 3.8) is 0 Å². The maximum Gasteiger partial charge on any atom is 0.0167 e. The van der Waals surface area contributed by atoms with Gasteiger partial charge in [0.05, 0.1) is 0 Å². The van der Waals surface area contributed by atoms with Crippen LogP contribution in [-0.2, 0) is 0 Å². The molecule has 0 heterocycles. The van der Waals surface area contributed by atoms with E-state index in [1.807, 2.05) is 0 Å². The van der Waals surface area contributed by atoms with E-state index in [0.29, 0.717) is 6.04 Å². The molecule has 14 heavy (non-hydrogen) atoms. The number of nitrogens with one attached hydrogen (secondary N) is 1. The van der Waals surface area contributed by atoms with Gasteiger partial charge in [0.25, 0.3) is 0 Å². The highest BCUT2D eigenvalue weighted by molar-refractivity contribution is 4.75. The second-order valence-electron chi connectivity index (χ2n) is 5.13. The zero-order chi connectivity index (χ0) is 10.4. The fraction of sp³-hybridized carbons (Fsp3) is 1.00. The van der Waals surface area contributed by atoms with Crippen LogP contribution in [0.1, 0.15) is 52.4 Å². The fourth-order valence-electron chi connectivity index (χ4n) is 2.31. The Morgan fingerprint density at radius 1 is 1.21 bits per heavy atom. The Morgan fingerprint density at radius 2 is 1.86 bits per heavy atom. The summed E-state index contributed by atoms with van der Waals surface area (Å²) in [6.07, 6.45) is 8.08. The second-order valence-corrected chi connectivity index (χ2v) is 5.13. The predicted molar refractivity (Wildman–Crippen MR) is 62.3 cm³/mol. The molecule has 0 amide bonds. The van der Waals surface area contributed by atoms with Gasteiger partial charge in [-0.05, 0) is 25.2 Å². The smallest absolute Gasteiger partial charge is 0.0167 e. The fourth-order valence-corrected chi connectivity index (χ4v) is 2.31. The van der Waals surface area contributed by atoms with E-state index in [1.165, 1.54) is 32.1 Å². The van der Waals surface area contributed by atoms with Crippen LogP contribution in [0.25, 0.3) is 0 Å². The molecule has 1 atom stereocenters. The van der Waals surface area contributed by atoms with Crippen molar-refractivity contribution in [3.05, 3.63) is 0 Å². The minimum Gasteiger partial charge on any atom is -0.327 e. The van der Waals surface area contributed by atoms with E-state index in [-0.39, 0.29) is 0 Å². The van der Waals surface area contributed by atoms with E-state index in [9.17, 15) is 0 Å². The summed E-state index contributed by atoms with van der Waals surface area (Å²) < 4.78 is 0. The molecule has 0 aromatic rings. The first-order chi connectivity index (χ1) is 6.68. The Labute approximate surface area is 88.6 Å². The van der Waals surface area contributed by atoms with Gasteiger partial charge in [0.2, 0.25) is 0 Å². The molecule has 0 aromatic heterocycles. The van der Waals surface area contributed by atoms with Gasteiger partial charge in [-0.25, -0.2) is 0 Å². The molecule has 1 saturated carbocycles. The van der Waals surface area contributed by atoms with E-state index in [4.69, 9.17) is 5.73 Å². The molecule has 0 bridgehead atoms. The van der Waals surface area contributed by atoms with Gasteiger partial charge in [-0.15, -0.1) is 0 Å². The standard InChI is InChI=1S/C12H26N2/c1-10(2)8-11(13)9-14-12-6-4-3-5-7-12/h10-12,14H,3-9,13H2,1-2H3. The highest BCUT2D eigenvalue weighted by Gasteiger charge is 2.13. The molecule has 0 saturated heterocycles. The molecular formula is C12H26N2. The summed E-state index contributed by atoms with van der Waals surface area (Å²) in [5, 5.41) is 3.60. The average Bonchev–Trinajstić information content (AvgIpc) is 2.15. The normalized spacial score (nSPS) is 21.4. The van der Waals surface area contributed by atoms with Crippen LogP contribution in [0.3, 0.4) is 0 Å². The lowest BCUT2D eigenvalue weighted by Gasteiger charge is -2.25. The molecule has 1 unspecified atom stereocenters. The maximum atomic E-state index is 6.03. The third-order valence-corrected chi connectivity index (χ3v) is 3.05. The topological polar surface area (TPSA) is 38.0 Å². The lowest BCUT2D eigenvalue weighted by Crippen LogP contribution is -2.41. The number of rotatable bonds is 5. The molecule has 0 spiro atoms. The van der Waals surface area contributed by atoms with Crippen LogP contribution in [0.15, 0.2) is 0 Å². The van der Waals surface area contributed by atoms with E-state index in [1.54, 1.807) is 0 Å². The van der Waals surface area contributed by atoms with Gasteiger partial charge in [-0.1, -0.05) is 33.1 Å². The zero-order valence-electron chi connectivity index (χ0n) is 9.76. The molecule has 0 radical (unpaired) electrons. The minimum atomic E-state index is 0.344. The van der Waals surface area contributed by atoms with Crippen molar-refractivity contribution >= 4 is 0 Å². The predicted octanol–water partition coefficient (Wildman–Crippen LogP) is 2.28. The first-order valence-corrected chi connectivity index (χ1v) is 6.17. The van der Waals surface area contributed by atoms with Crippen molar-refractivity contribution in [3.8, 4) is 0 Å². The Bertz CT molecular complexity index is 139. The zero-order valence-corrected chi connectivity index (χ0v) is 9.76. The van der Waals surface area contributed by atoms with Crippen LogP contribution >= 0.6 is 0 Å². The first kappa shape index (κ1) is 12.0. The second kappa shape index (κ2) is 6.41. The van der Waals surface area contributed by atoms with Crippen LogP contribution in [0, 0.1) is 5.92 Å². The van der Waals surface area contributed by atoms with Crippen molar-refractivity contribution in [2.24, 2.45) is 11.7 Å². The summed E-state index contributed by atoms with van der Waals surface area (Å²) in [4.78, 5) is 0. The van der Waals surface area contributed by atoms with E-state index >= 15 is 0 Å². The summed E-state index contributed by atoms with van der Waals surface area (Å²) >= 11 is 0. The molecule has 2 nitrogen and oxygen atoms in total. The Hall–Kier alpha value is -0.0800. The average molecular weight is 198 g/mol. The van der Waals surface area contributed by atoms with Gasteiger partial charge < -0.3 is 11.1 Å². The van der Waals surface area contributed by atoms with Gasteiger partial charge in [0.15, 0.2) is 0 Å². The molecular weight excluding hydrogens is 172 g/mol. The van der Waals surface area contributed by atoms with Gasteiger partial charge >= 0.3 is 0 Å². The molecule has 1 aliphatic carbocycles. The van der Waals surface area contributed by atoms with E-state index in [0.717, 1.165) is 24.9 Å². The number of hydrogen-bond donors (Lipinski definition) is 2. The number of nitrogens with two attached hydrogens (primary N) is 1. The van der Waals surface area contributed by atoms with Crippen molar-refractivity contribution in [2.75, 3.05) is 6.54 Å². The Morgan fingerprint density at radius 3 is 2.43 bits per heavy atom. The monoisotopic (exact) mass is 198 g/mol. The number of hydrogen-bond acceptors (Lipinski definition) is 2. The molecule has 1 aliphatic rings. The van der Waals surface area contributed by atoms with Crippen LogP contribution in [0.5, 0.6) is 0 Å². The SMILES string of the molecule is CC(C)CC(N)CNC1CCCCC1. The summed E-state index contributed by atoms with van der Waals surface area (Å²) in [5.41, 5.74) is 6.03. The Kier molecular flexibility index (Phi) is 5.49. The van der Waals surface area contributed by atoms with Crippen molar-refractivity contribution in [1.82, 2.24) is 5.32 Å². The largest absolute Gasteiger partial charge is 0.327 e. The van der Waals surface area contributed by atoms with Crippen LogP contribution in [0.2, 0.25) is 0 Å². The third kappa shape index (κ3) is 4.97. The molecule has 1 rings (SSSR count). The van der Waals surface area contributed by atoms with Crippen LogP contribution < -0.4 is 11.1 Å². The van der Waals surface area contributed by atoms with Gasteiger partial charge in [0.1, 0.15) is 0 Å². The van der Waals surface area contributed by atoms with Gasteiger partial charge in [0, 0.05) is 18.6 Å². The molecule has 0 aromatic carbocycles. The highest BCUT2D eigenvalue weighted by atomic mass is 14.9. The summed E-state index contributed by atoms with van der Waals surface area (Å²) in [7, 11) is 0. The lowest BCUT2D eigenvalue weighted by atomic mass is 9.95. The molecule has 84 valence electrons. The molecule has 1 fully saturated rings. The molecule has 2 heteroatoms. The summed E-state index contributed by atoms with van der Waals surface area (Å²) in [5.74, 6) is 0.721.